The summed E-state index contributed by atoms with van der Waals surface area (Å²) in [5.41, 5.74) is 3.99. The number of benzene rings is 3. The molecule has 5 nitrogen and oxygen atoms in total. The van der Waals surface area contributed by atoms with E-state index in [0.29, 0.717) is 16.8 Å². The molecule has 0 heterocycles. The molecule has 3 aromatic rings. The van der Waals surface area contributed by atoms with Gasteiger partial charge in [-0.15, -0.1) is 0 Å². The third kappa shape index (κ3) is 4.99. The smallest absolute Gasteiger partial charge is 0.251 e. The number of halogens is 1. The Bertz CT molecular complexity index is 1210. The second-order valence-electron chi connectivity index (χ2n) is 8.06. The first kappa shape index (κ1) is 22.0. The molecular formula is C25H25FN2O3S. The van der Waals surface area contributed by atoms with Gasteiger partial charge < -0.3 is 5.32 Å². The van der Waals surface area contributed by atoms with Crippen molar-refractivity contribution in [3.05, 3.63) is 101 Å². The van der Waals surface area contributed by atoms with Crippen LogP contribution in [0.3, 0.4) is 0 Å². The Morgan fingerprint density at radius 2 is 1.72 bits per heavy atom. The number of sulfonamides is 1. The van der Waals surface area contributed by atoms with Crippen molar-refractivity contribution < 1.29 is 17.6 Å². The molecule has 0 unspecified atom stereocenters. The Morgan fingerprint density at radius 3 is 2.41 bits per heavy atom. The summed E-state index contributed by atoms with van der Waals surface area (Å²) >= 11 is 0. The number of aryl methyl sites for hydroxylation is 1. The molecule has 1 atom stereocenters. The van der Waals surface area contributed by atoms with Gasteiger partial charge in [0.15, 0.2) is 0 Å². The molecule has 0 bridgehead atoms. The maximum Gasteiger partial charge on any atom is 0.251 e. The van der Waals surface area contributed by atoms with E-state index in [1.807, 2.05) is 12.1 Å². The molecule has 1 N–H and O–H groups in total. The predicted octanol–water partition coefficient (Wildman–Crippen LogP) is 4.60. The first-order valence-corrected chi connectivity index (χ1v) is 12.4. The predicted molar refractivity (Wildman–Crippen MR) is 123 cm³/mol. The molecule has 1 amide bonds. The fourth-order valence-electron chi connectivity index (χ4n) is 4.08. The number of carbonyl (C=O) groups excluding carboxylic acids is 1. The Morgan fingerprint density at radius 1 is 1.03 bits per heavy atom. The standard InChI is InChI=1S/C25H25FN2O3S/c1-32(30,31)28(17-18-9-13-21(26)14-10-18)22-15-11-20(12-16-22)25(29)27-24-8-4-6-19-5-2-3-7-23(19)24/h2-3,5,7,9-16,24H,4,6,8,17H2,1H3,(H,27,29)/t24-/m0/s1. The Balaban J connectivity index is 1.51. The summed E-state index contributed by atoms with van der Waals surface area (Å²) in [5, 5.41) is 3.11. The van der Waals surface area contributed by atoms with E-state index in [9.17, 15) is 17.6 Å². The molecule has 0 aromatic heterocycles. The second kappa shape index (κ2) is 9.12. The molecular weight excluding hydrogens is 427 g/mol. The average molecular weight is 453 g/mol. The summed E-state index contributed by atoms with van der Waals surface area (Å²) < 4.78 is 39.2. The fraction of sp³-hybridized carbons (Fsp3) is 0.240. The number of carbonyl (C=O) groups is 1. The molecule has 1 aliphatic rings. The zero-order valence-corrected chi connectivity index (χ0v) is 18.6. The van der Waals surface area contributed by atoms with Crippen LogP contribution in [0.2, 0.25) is 0 Å². The number of rotatable bonds is 6. The van der Waals surface area contributed by atoms with Gasteiger partial charge in [0, 0.05) is 5.56 Å². The molecule has 4 rings (SSSR count). The minimum atomic E-state index is -3.58. The van der Waals surface area contributed by atoms with Crippen LogP contribution in [0.5, 0.6) is 0 Å². The van der Waals surface area contributed by atoms with Crippen molar-refractivity contribution in [3.8, 4) is 0 Å². The van der Waals surface area contributed by atoms with Gasteiger partial charge in [-0.25, -0.2) is 12.8 Å². The van der Waals surface area contributed by atoms with Crippen LogP contribution in [0.25, 0.3) is 0 Å². The van der Waals surface area contributed by atoms with Crippen LogP contribution in [-0.2, 0) is 23.0 Å². The summed E-state index contributed by atoms with van der Waals surface area (Å²) in [6.07, 6.45) is 4.05. The molecule has 0 saturated heterocycles. The van der Waals surface area contributed by atoms with Crippen LogP contribution in [-0.4, -0.2) is 20.6 Å². The van der Waals surface area contributed by atoms with E-state index >= 15 is 0 Å². The molecule has 0 saturated carbocycles. The van der Waals surface area contributed by atoms with Gasteiger partial charge in [-0.05, 0) is 72.4 Å². The maximum atomic E-state index is 13.2. The van der Waals surface area contributed by atoms with Crippen molar-refractivity contribution in [3.63, 3.8) is 0 Å². The Hall–Kier alpha value is -3.19. The van der Waals surface area contributed by atoms with Gasteiger partial charge in [0.25, 0.3) is 5.91 Å². The van der Waals surface area contributed by atoms with Crippen molar-refractivity contribution in [1.29, 1.82) is 0 Å². The lowest BCUT2D eigenvalue weighted by atomic mass is 9.87. The van der Waals surface area contributed by atoms with Crippen LogP contribution >= 0.6 is 0 Å². The van der Waals surface area contributed by atoms with Gasteiger partial charge in [0.2, 0.25) is 10.0 Å². The molecule has 0 radical (unpaired) electrons. The summed E-state index contributed by atoms with van der Waals surface area (Å²) in [7, 11) is -3.58. The highest BCUT2D eigenvalue weighted by Gasteiger charge is 2.23. The number of hydrogen-bond donors (Lipinski definition) is 1. The van der Waals surface area contributed by atoms with E-state index in [1.54, 1.807) is 36.4 Å². The maximum absolute atomic E-state index is 13.2. The summed E-state index contributed by atoms with van der Waals surface area (Å²) in [4.78, 5) is 12.8. The summed E-state index contributed by atoms with van der Waals surface area (Å²) in [6.45, 7) is 0.0729. The molecule has 7 heteroatoms. The summed E-state index contributed by atoms with van der Waals surface area (Å²) in [6, 6.07) is 20.3. The highest BCUT2D eigenvalue weighted by atomic mass is 32.2. The van der Waals surface area contributed by atoms with Gasteiger partial charge in [-0.3, -0.25) is 9.10 Å². The van der Waals surface area contributed by atoms with Gasteiger partial charge in [-0.1, -0.05) is 36.4 Å². The Kier molecular flexibility index (Phi) is 6.28. The van der Waals surface area contributed by atoms with E-state index in [4.69, 9.17) is 0 Å². The van der Waals surface area contributed by atoms with Gasteiger partial charge in [-0.2, -0.15) is 0 Å². The third-order valence-electron chi connectivity index (χ3n) is 5.73. The van der Waals surface area contributed by atoms with Crippen LogP contribution < -0.4 is 9.62 Å². The first-order chi connectivity index (χ1) is 15.3. The number of anilines is 1. The summed E-state index contributed by atoms with van der Waals surface area (Å²) in [5.74, 6) is -0.571. The SMILES string of the molecule is CS(=O)(=O)N(Cc1ccc(F)cc1)c1ccc(C(=O)N[C@H]2CCCc3ccccc32)cc1. The van der Waals surface area contributed by atoms with Crippen molar-refractivity contribution in [2.45, 2.75) is 31.8 Å². The molecule has 166 valence electrons. The van der Waals surface area contributed by atoms with Crippen LogP contribution in [0.15, 0.2) is 72.8 Å². The van der Waals surface area contributed by atoms with Crippen molar-refractivity contribution in [1.82, 2.24) is 5.32 Å². The zero-order chi connectivity index (χ0) is 22.7. The number of amides is 1. The fourth-order valence-corrected chi connectivity index (χ4v) is 4.97. The number of hydrogen-bond acceptors (Lipinski definition) is 3. The molecule has 0 aliphatic heterocycles. The molecule has 0 spiro atoms. The van der Waals surface area contributed by atoms with E-state index in [2.05, 4.69) is 17.4 Å². The molecule has 1 aliphatic carbocycles. The van der Waals surface area contributed by atoms with Crippen LogP contribution in [0.1, 0.15) is 45.9 Å². The van der Waals surface area contributed by atoms with E-state index in [1.165, 1.54) is 22.0 Å². The number of fused-ring (bicyclic) bond motifs is 1. The minimum absolute atomic E-state index is 0.0295. The zero-order valence-electron chi connectivity index (χ0n) is 17.8. The van der Waals surface area contributed by atoms with Gasteiger partial charge in [0.05, 0.1) is 24.5 Å². The van der Waals surface area contributed by atoms with Crippen LogP contribution in [0, 0.1) is 5.82 Å². The van der Waals surface area contributed by atoms with Gasteiger partial charge in [0.1, 0.15) is 5.82 Å². The third-order valence-corrected chi connectivity index (χ3v) is 6.87. The minimum Gasteiger partial charge on any atom is -0.345 e. The van der Waals surface area contributed by atoms with Gasteiger partial charge >= 0.3 is 0 Å². The lowest BCUT2D eigenvalue weighted by molar-refractivity contribution is 0.0932. The molecule has 32 heavy (non-hydrogen) atoms. The van der Waals surface area contributed by atoms with Crippen molar-refractivity contribution >= 4 is 21.6 Å². The van der Waals surface area contributed by atoms with Crippen molar-refractivity contribution in [2.75, 3.05) is 10.6 Å². The number of nitrogens with one attached hydrogen (secondary N) is 1. The van der Waals surface area contributed by atoms with E-state index in [0.717, 1.165) is 31.1 Å². The van der Waals surface area contributed by atoms with Crippen molar-refractivity contribution in [2.24, 2.45) is 0 Å². The monoisotopic (exact) mass is 452 g/mol. The first-order valence-electron chi connectivity index (χ1n) is 10.5. The normalized spacial score (nSPS) is 15.6. The topological polar surface area (TPSA) is 66.5 Å². The molecule has 0 fully saturated rings. The second-order valence-corrected chi connectivity index (χ2v) is 9.97. The molecule has 3 aromatic carbocycles. The average Bonchev–Trinajstić information content (AvgIpc) is 2.78. The number of nitrogens with zero attached hydrogens (tertiary/aromatic N) is 1. The van der Waals surface area contributed by atoms with E-state index < -0.39 is 10.0 Å². The van der Waals surface area contributed by atoms with E-state index in [-0.39, 0.29) is 24.3 Å². The largest absolute Gasteiger partial charge is 0.345 e. The lowest BCUT2D eigenvalue weighted by Crippen LogP contribution is -2.31. The highest BCUT2D eigenvalue weighted by Crippen LogP contribution is 2.30. The Labute approximate surface area is 187 Å². The highest BCUT2D eigenvalue weighted by molar-refractivity contribution is 7.92. The van der Waals surface area contributed by atoms with Crippen LogP contribution in [0.4, 0.5) is 10.1 Å². The quantitative estimate of drug-likeness (QED) is 0.595. The lowest BCUT2D eigenvalue weighted by Gasteiger charge is -2.26.